The van der Waals surface area contributed by atoms with E-state index in [0.29, 0.717) is 5.56 Å². The summed E-state index contributed by atoms with van der Waals surface area (Å²) in [6.45, 7) is -0.205. The molecular weight excluding hydrogens is 461 g/mol. The molecule has 0 aromatic heterocycles. The number of halogens is 2. The van der Waals surface area contributed by atoms with Crippen molar-refractivity contribution in [3.05, 3.63) is 99.5 Å². The zero-order chi connectivity index (χ0) is 23.8. The van der Waals surface area contributed by atoms with E-state index in [2.05, 4.69) is 10.6 Å². The highest BCUT2D eigenvalue weighted by atomic mass is 35.5. The molecule has 0 aliphatic heterocycles. The van der Waals surface area contributed by atoms with Gasteiger partial charge in [-0.25, -0.2) is 0 Å². The minimum absolute atomic E-state index is 0.0338. The van der Waals surface area contributed by atoms with Crippen LogP contribution in [0.25, 0.3) is 0 Å². The Morgan fingerprint density at radius 2 is 1.42 bits per heavy atom. The summed E-state index contributed by atoms with van der Waals surface area (Å²) in [7, 11) is 0. The van der Waals surface area contributed by atoms with E-state index < -0.39 is 17.9 Å². The lowest BCUT2D eigenvalue weighted by Gasteiger charge is -2.23. The van der Waals surface area contributed by atoms with Crippen molar-refractivity contribution in [2.24, 2.45) is 0 Å². The second-order valence-corrected chi connectivity index (χ2v) is 8.12. The van der Waals surface area contributed by atoms with Crippen LogP contribution in [0.4, 0.5) is 0 Å². The van der Waals surface area contributed by atoms with Gasteiger partial charge in [-0.05, 0) is 28.8 Å². The first-order valence-electron chi connectivity index (χ1n) is 10.1. The van der Waals surface area contributed by atoms with Gasteiger partial charge in [0.05, 0.1) is 22.0 Å². The molecule has 8 heteroatoms. The minimum Gasteiger partial charge on any atom is -0.505 e. The maximum absolute atomic E-state index is 13.5. The summed E-state index contributed by atoms with van der Waals surface area (Å²) in [5.41, 5.74) is 2.08. The fourth-order valence-electron chi connectivity index (χ4n) is 3.47. The molecule has 2 amide bonds. The number of nitriles is 1. The SMILES string of the molecule is N#CCNC(=O)[C@H](Cc1cc(Cl)c(O)c(Cl)c1)NC(=O)C(c1ccccc1)c1ccccc1. The molecule has 3 aromatic carbocycles. The Morgan fingerprint density at radius 3 is 1.91 bits per heavy atom. The van der Waals surface area contributed by atoms with Gasteiger partial charge in [-0.3, -0.25) is 9.59 Å². The summed E-state index contributed by atoms with van der Waals surface area (Å²) in [6.07, 6.45) is 0.0546. The molecule has 0 saturated heterocycles. The number of phenolic OH excluding ortho intramolecular Hbond substituents is 1. The lowest BCUT2D eigenvalue weighted by molar-refractivity contribution is -0.129. The fraction of sp³-hybridized carbons (Fsp3) is 0.160. The molecule has 3 rings (SSSR count). The molecule has 3 aromatic rings. The summed E-state index contributed by atoms with van der Waals surface area (Å²) in [6, 6.07) is 22.3. The van der Waals surface area contributed by atoms with Crippen molar-refractivity contribution >= 4 is 35.0 Å². The predicted octanol–water partition coefficient (Wildman–Crippen LogP) is 4.20. The first-order valence-corrected chi connectivity index (χ1v) is 10.9. The van der Waals surface area contributed by atoms with Gasteiger partial charge in [0.1, 0.15) is 12.6 Å². The molecule has 33 heavy (non-hydrogen) atoms. The van der Waals surface area contributed by atoms with Gasteiger partial charge in [0.2, 0.25) is 11.8 Å². The zero-order valence-corrected chi connectivity index (χ0v) is 19.0. The van der Waals surface area contributed by atoms with Crippen molar-refractivity contribution in [3.63, 3.8) is 0 Å². The van der Waals surface area contributed by atoms with Crippen molar-refractivity contribution in [1.29, 1.82) is 5.26 Å². The van der Waals surface area contributed by atoms with Crippen molar-refractivity contribution in [2.75, 3.05) is 6.54 Å². The quantitative estimate of drug-likeness (QED) is 0.419. The molecule has 0 fully saturated rings. The number of rotatable bonds is 8. The van der Waals surface area contributed by atoms with Gasteiger partial charge in [-0.2, -0.15) is 5.26 Å². The Hall–Kier alpha value is -3.53. The lowest BCUT2D eigenvalue weighted by atomic mass is 9.90. The number of carbonyl (C=O) groups is 2. The number of benzene rings is 3. The third-order valence-corrected chi connectivity index (χ3v) is 5.60. The Balaban J connectivity index is 1.92. The van der Waals surface area contributed by atoms with Crippen LogP contribution < -0.4 is 10.6 Å². The molecule has 0 bridgehead atoms. The standard InChI is InChI=1S/C25H21Cl2N3O3/c26-19-13-16(14-20(27)23(19)31)15-21(24(32)29-12-11-28)30-25(33)22(17-7-3-1-4-8-17)18-9-5-2-6-10-18/h1-10,13-14,21-22,31H,12,15H2,(H,29,32)(H,30,33)/t21-/m0/s1. The van der Waals surface area contributed by atoms with Crippen LogP contribution in [0, 0.1) is 11.3 Å². The molecule has 0 saturated carbocycles. The molecule has 3 N–H and O–H groups in total. The second kappa shape index (κ2) is 11.4. The van der Waals surface area contributed by atoms with Gasteiger partial charge < -0.3 is 15.7 Å². The van der Waals surface area contributed by atoms with Gasteiger partial charge >= 0.3 is 0 Å². The molecule has 0 heterocycles. The third-order valence-electron chi connectivity index (χ3n) is 5.02. The number of carbonyl (C=O) groups excluding carboxylic acids is 2. The molecule has 6 nitrogen and oxygen atoms in total. The second-order valence-electron chi connectivity index (χ2n) is 7.30. The predicted molar refractivity (Wildman–Crippen MR) is 127 cm³/mol. The number of aromatic hydroxyl groups is 1. The Labute approximate surface area is 201 Å². The molecule has 1 atom stereocenters. The van der Waals surface area contributed by atoms with E-state index in [1.807, 2.05) is 66.7 Å². The Bertz CT molecular complexity index is 1100. The lowest BCUT2D eigenvalue weighted by Crippen LogP contribution is -2.49. The third kappa shape index (κ3) is 6.26. The minimum atomic E-state index is -1.00. The Morgan fingerprint density at radius 1 is 0.909 bits per heavy atom. The van der Waals surface area contributed by atoms with Crippen LogP contribution in [0.2, 0.25) is 10.0 Å². The molecule has 0 spiro atoms. The summed E-state index contributed by atoms with van der Waals surface area (Å²) < 4.78 is 0. The first-order chi connectivity index (χ1) is 15.9. The smallest absolute Gasteiger partial charge is 0.243 e. The summed E-state index contributed by atoms with van der Waals surface area (Å²) in [5, 5.41) is 24.0. The highest BCUT2D eigenvalue weighted by Crippen LogP contribution is 2.33. The summed E-state index contributed by atoms with van der Waals surface area (Å²) >= 11 is 12.0. The van der Waals surface area contributed by atoms with Crippen LogP contribution in [0.1, 0.15) is 22.6 Å². The maximum atomic E-state index is 13.5. The van der Waals surface area contributed by atoms with Gasteiger partial charge in [0.15, 0.2) is 5.75 Å². The normalized spacial score (nSPS) is 11.5. The van der Waals surface area contributed by atoms with Crippen LogP contribution in [0.15, 0.2) is 72.8 Å². The van der Waals surface area contributed by atoms with Crippen molar-refractivity contribution in [3.8, 4) is 11.8 Å². The van der Waals surface area contributed by atoms with E-state index in [4.69, 9.17) is 28.5 Å². The number of nitrogens with one attached hydrogen (secondary N) is 2. The van der Waals surface area contributed by atoms with Crippen molar-refractivity contribution in [2.45, 2.75) is 18.4 Å². The molecule has 0 aliphatic carbocycles. The highest BCUT2D eigenvalue weighted by Gasteiger charge is 2.28. The number of phenols is 1. The molecule has 0 unspecified atom stereocenters. The average molecular weight is 482 g/mol. The van der Waals surface area contributed by atoms with Crippen molar-refractivity contribution < 1.29 is 14.7 Å². The van der Waals surface area contributed by atoms with Crippen molar-refractivity contribution in [1.82, 2.24) is 10.6 Å². The largest absolute Gasteiger partial charge is 0.505 e. The number of nitrogens with zero attached hydrogens (tertiary/aromatic N) is 1. The topological polar surface area (TPSA) is 102 Å². The monoisotopic (exact) mass is 481 g/mol. The van der Waals surface area contributed by atoms with Crippen LogP contribution in [-0.4, -0.2) is 29.5 Å². The van der Waals surface area contributed by atoms with Crippen LogP contribution in [0.5, 0.6) is 5.75 Å². The van der Waals surface area contributed by atoms with Gasteiger partial charge in [0, 0.05) is 6.42 Å². The van der Waals surface area contributed by atoms with Gasteiger partial charge in [-0.15, -0.1) is 0 Å². The Kier molecular flexibility index (Phi) is 8.31. The summed E-state index contributed by atoms with van der Waals surface area (Å²) in [4.78, 5) is 26.2. The van der Waals surface area contributed by atoms with Crippen LogP contribution >= 0.6 is 23.2 Å². The van der Waals surface area contributed by atoms with E-state index >= 15 is 0 Å². The molecule has 0 radical (unpaired) electrons. The molecule has 0 aliphatic rings. The van der Waals surface area contributed by atoms with E-state index in [0.717, 1.165) is 11.1 Å². The fourth-order valence-corrected chi connectivity index (χ4v) is 4.00. The average Bonchev–Trinajstić information content (AvgIpc) is 2.82. The van der Waals surface area contributed by atoms with E-state index in [1.165, 1.54) is 12.1 Å². The molecule has 168 valence electrons. The van der Waals surface area contributed by atoms with Gasteiger partial charge in [-0.1, -0.05) is 83.9 Å². The van der Waals surface area contributed by atoms with Gasteiger partial charge in [0.25, 0.3) is 0 Å². The number of hydrogen-bond acceptors (Lipinski definition) is 4. The highest BCUT2D eigenvalue weighted by molar-refractivity contribution is 6.37. The van der Waals surface area contributed by atoms with Crippen LogP contribution in [-0.2, 0) is 16.0 Å². The summed E-state index contributed by atoms with van der Waals surface area (Å²) in [5.74, 6) is -1.80. The van der Waals surface area contributed by atoms with Crippen LogP contribution in [0.3, 0.4) is 0 Å². The number of amides is 2. The van der Waals surface area contributed by atoms with E-state index in [9.17, 15) is 14.7 Å². The zero-order valence-electron chi connectivity index (χ0n) is 17.5. The molecular formula is C25H21Cl2N3O3. The maximum Gasteiger partial charge on any atom is 0.243 e. The number of hydrogen-bond donors (Lipinski definition) is 3. The first kappa shape index (κ1) is 24.1. The van der Waals surface area contributed by atoms with E-state index in [1.54, 1.807) is 0 Å². The van der Waals surface area contributed by atoms with E-state index in [-0.39, 0.29) is 34.7 Å².